The molecule has 0 aliphatic heterocycles. The van der Waals surface area contributed by atoms with Crippen LogP contribution in [0.1, 0.15) is 0 Å². The molecule has 8 nitrogen and oxygen atoms in total. The minimum Gasteiger partial charge on any atom is -0.448 e. The van der Waals surface area contributed by atoms with Gasteiger partial charge in [0.05, 0.1) is 0 Å². The van der Waals surface area contributed by atoms with Crippen LogP contribution in [-0.2, 0) is 26.6 Å². The molecule has 0 saturated carbocycles. The first-order valence-corrected chi connectivity index (χ1v) is 1.63. The Hall–Kier alpha value is -1.03. The van der Waals surface area contributed by atoms with Gasteiger partial charge in [0.15, 0.2) is 0 Å². The SMILES string of the molecule is O=C(O)OO.O=C(O)OO.[Co]. The summed E-state index contributed by atoms with van der Waals surface area (Å²) >= 11 is 0. The van der Waals surface area contributed by atoms with Gasteiger partial charge in [0, 0.05) is 16.8 Å². The topological polar surface area (TPSA) is 134 Å². The van der Waals surface area contributed by atoms with Crippen molar-refractivity contribution in [3.8, 4) is 0 Å². The molecular weight excluding hydrogens is 211 g/mol. The van der Waals surface area contributed by atoms with Gasteiger partial charge in [0.2, 0.25) is 0 Å². The first kappa shape index (κ1) is 16.5. The van der Waals surface area contributed by atoms with Gasteiger partial charge in [-0.15, -0.1) is 0 Å². The van der Waals surface area contributed by atoms with E-state index in [9.17, 15) is 0 Å². The third-order valence-electron chi connectivity index (χ3n) is 0.156. The van der Waals surface area contributed by atoms with Crippen LogP contribution in [0.5, 0.6) is 0 Å². The van der Waals surface area contributed by atoms with Crippen molar-refractivity contribution in [2.24, 2.45) is 0 Å². The molecule has 0 spiro atoms. The smallest absolute Gasteiger partial charge is 0.448 e. The predicted octanol–water partition coefficient (Wildman–Crippen LogP) is 0.305. The molecule has 0 aromatic rings. The number of carbonyl (C=O) groups is 2. The molecule has 11 heavy (non-hydrogen) atoms. The van der Waals surface area contributed by atoms with Crippen molar-refractivity contribution >= 4 is 12.3 Å². The number of hydrogen-bond acceptors (Lipinski definition) is 6. The van der Waals surface area contributed by atoms with Gasteiger partial charge >= 0.3 is 12.3 Å². The maximum Gasteiger partial charge on any atom is 0.537 e. The van der Waals surface area contributed by atoms with Crippen molar-refractivity contribution in [1.29, 1.82) is 0 Å². The van der Waals surface area contributed by atoms with Crippen molar-refractivity contribution in [3.05, 3.63) is 0 Å². The minimum atomic E-state index is -1.69. The molecule has 0 unspecified atom stereocenters. The van der Waals surface area contributed by atoms with Crippen LogP contribution in [-0.4, -0.2) is 33.0 Å². The third kappa shape index (κ3) is 49.4. The quantitative estimate of drug-likeness (QED) is 0.335. The van der Waals surface area contributed by atoms with Gasteiger partial charge in [0.1, 0.15) is 0 Å². The Morgan fingerprint density at radius 2 is 1.00 bits per heavy atom. The molecular formula is C2H4CoO8. The Morgan fingerprint density at radius 1 is 0.909 bits per heavy atom. The normalized spacial score (nSPS) is 6.00. The molecule has 0 heterocycles. The Kier molecular flexibility index (Phi) is 17.6. The summed E-state index contributed by atoms with van der Waals surface area (Å²) in [7, 11) is 0. The van der Waals surface area contributed by atoms with E-state index in [1.165, 1.54) is 0 Å². The molecule has 69 valence electrons. The van der Waals surface area contributed by atoms with Gasteiger partial charge in [0.25, 0.3) is 0 Å². The molecule has 0 bridgehead atoms. The van der Waals surface area contributed by atoms with Gasteiger partial charge in [-0.3, -0.25) is 9.78 Å². The summed E-state index contributed by atoms with van der Waals surface area (Å²) < 4.78 is 0. The Bertz CT molecular complexity index is 96.7. The fourth-order valence-electron chi connectivity index (χ4n) is 0. The van der Waals surface area contributed by atoms with E-state index in [1.807, 2.05) is 0 Å². The van der Waals surface area contributed by atoms with Crippen LogP contribution in [0.3, 0.4) is 0 Å². The van der Waals surface area contributed by atoms with Crippen LogP contribution in [0.25, 0.3) is 0 Å². The maximum absolute atomic E-state index is 8.90. The molecule has 0 aliphatic rings. The molecule has 0 amide bonds. The van der Waals surface area contributed by atoms with Gasteiger partial charge in [-0.05, 0) is 0 Å². The van der Waals surface area contributed by atoms with Crippen LogP contribution in [0.2, 0.25) is 0 Å². The molecule has 1 radical (unpaired) electrons. The van der Waals surface area contributed by atoms with E-state index in [0.717, 1.165) is 0 Å². The second-order valence-electron chi connectivity index (χ2n) is 0.714. The summed E-state index contributed by atoms with van der Waals surface area (Å²) in [5.41, 5.74) is 0. The zero-order valence-corrected chi connectivity index (χ0v) is 5.80. The molecule has 0 aliphatic carbocycles. The molecule has 0 fully saturated rings. The molecule has 0 aromatic heterocycles. The minimum absolute atomic E-state index is 0. The zero-order valence-electron chi connectivity index (χ0n) is 4.76. The van der Waals surface area contributed by atoms with Gasteiger partial charge in [-0.2, -0.15) is 10.5 Å². The van der Waals surface area contributed by atoms with Crippen LogP contribution in [0.15, 0.2) is 0 Å². The Morgan fingerprint density at radius 3 is 1.00 bits per heavy atom. The van der Waals surface area contributed by atoms with Crippen molar-refractivity contribution in [3.63, 3.8) is 0 Å². The second-order valence-corrected chi connectivity index (χ2v) is 0.714. The molecule has 0 saturated heterocycles. The van der Waals surface area contributed by atoms with Crippen molar-refractivity contribution in [1.82, 2.24) is 0 Å². The average Bonchev–Trinajstić information content (AvgIpc) is 1.89. The van der Waals surface area contributed by atoms with Crippen LogP contribution >= 0.6 is 0 Å². The average molecular weight is 215 g/mol. The standard InChI is InChI=1S/2CH2O4.Co/c2*2-1(3)5-4;/h2*4H,(H,2,3);. The van der Waals surface area contributed by atoms with Gasteiger partial charge in [-0.25, -0.2) is 9.59 Å². The first-order valence-electron chi connectivity index (χ1n) is 1.63. The molecule has 0 atom stereocenters. The van der Waals surface area contributed by atoms with E-state index < -0.39 is 12.3 Å². The Balaban J connectivity index is -0.000000107. The van der Waals surface area contributed by atoms with E-state index in [0.29, 0.717) is 0 Å². The largest absolute Gasteiger partial charge is 0.537 e. The number of carboxylic acid groups (broad SMARTS) is 2. The van der Waals surface area contributed by atoms with Crippen molar-refractivity contribution in [2.75, 3.05) is 0 Å². The van der Waals surface area contributed by atoms with Gasteiger partial charge in [-0.1, -0.05) is 0 Å². The van der Waals surface area contributed by atoms with Crippen molar-refractivity contribution < 1.29 is 56.9 Å². The van der Waals surface area contributed by atoms with Crippen molar-refractivity contribution in [2.45, 2.75) is 0 Å². The van der Waals surface area contributed by atoms with Gasteiger partial charge < -0.3 is 10.2 Å². The van der Waals surface area contributed by atoms with E-state index in [1.54, 1.807) is 0 Å². The third-order valence-corrected chi connectivity index (χ3v) is 0.156. The molecule has 4 N–H and O–H groups in total. The second kappa shape index (κ2) is 11.7. The van der Waals surface area contributed by atoms with E-state index in [4.69, 9.17) is 30.3 Å². The summed E-state index contributed by atoms with van der Waals surface area (Å²) in [6, 6.07) is 0. The zero-order chi connectivity index (χ0) is 8.57. The number of hydrogen-bond donors (Lipinski definition) is 4. The van der Waals surface area contributed by atoms with E-state index >= 15 is 0 Å². The monoisotopic (exact) mass is 215 g/mol. The predicted molar refractivity (Wildman–Crippen MR) is 23.5 cm³/mol. The summed E-state index contributed by atoms with van der Waals surface area (Å²) in [5.74, 6) is 0. The summed E-state index contributed by atoms with van der Waals surface area (Å²) in [4.78, 5) is 23.1. The first-order chi connectivity index (χ1) is 4.54. The summed E-state index contributed by atoms with van der Waals surface area (Å²) in [6.45, 7) is 0. The number of rotatable bonds is 0. The summed E-state index contributed by atoms with van der Waals surface area (Å²) in [6.07, 6.45) is -3.38. The Labute approximate surface area is 70.0 Å². The molecule has 9 heteroatoms. The fourth-order valence-corrected chi connectivity index (χ4v) is 0. The van der Waals surface area contributed by atoms with E-state index in [-0.39, 0.29) is 16.8 Å². The van der Waals surface area contributed by atoms with Crippen LogP contribution < -0.4 is 0 Å². The maximum atomic E-state index is 8.90. The summed E-state index contributed by atoms with van der Waals surface area (Å²) in [5, 5.41) is 28.6. The van der Waals surface area contributed by atoms with Crippen LogP contribution in [0, 0.1) is 0 Å². The van der Waals surface area contributed by atoms with E-state index in [2.05, 4.69) is 9.78 Å². The molecule has 0 aromatic carbocycles. The van der Waals surface area contributed by atoms with Crippen LogP contribution in [0.4, 0.5) is 9.59 Å². The fraction of sp³-hybridized carbons (Fsp3) is 0. The molecule has 0 rings (SSSR count).